The molecule has 0 aliphatic heterocycles. The van der Waals surface area contributed by atoms with Gasteiger partial charge in [-0.25, -0.2) is 0 Å². The number of hydrogen-bond donors (Lipinski definition) is 0. The van der Waals surface area contributed by atoms with Crippen LogP contribution in [0.25, 0.3) is 98.8 Å². The maximum atomic E-state index is 9.89. The monoisotopic (exact) mass is 652 g/mol. The van der Waals surface area contributed by atoms with Crippen molar-refractivity contribution in [2.24, 2.45) is 0 Å². The predicted molar refractivity (Wildman–Crippen MR) is 208 cm³/mol. The normalized spacial score (nSPS) is 20.2. The van der Waals surface area contributed by atoms with Gasteiger partial charge in [-0.1, -0.05) is 163 Å². The fourth-order valence-corrected chi connectivity index (χ4v) is 5.82. The summed E-state index contributed by atoms with van der Waals surface area (Å²) in [6.45, 7) is 0. The molecule has 0 unspecified atom stereocenters. The van der Waals surface area contributed by atoms with Crippen LogP contribution in [-0.2, 0) is 0 Å². The molecule has 0 aliphatic carbocycles. The zero-order valence-corrected chi connectivity index (χ0v) is 24.4. The van der Waals surface area contributed by atoms with Gasteiger partial charge in [0.25, 0.3) is 0 Å². The van der Waals surface area contributed by atoms with Crippen molar-refractivity contribution < 1.29 is 45.5 Å². The minimum absolute atomic E-state index is 0.587. The molecule has 0 aliphatic rings. The molecule has 0 amide bonds. The largest absolute Gasteiger partial charge is 0.455 e. The van der Waals surface area contributed by atoms with Gasteiger partial charge in [-0.15, -0.1) is 0 Å². The third-order valence-corrected chi connectivity index (χ3v) is 7.87. The molecule has 1 heterocycles. The zero-order valence-electron chi connectivity index (χ0n) is 54.4. The number of rotatable bonds is 4. The Balaban J connectivity index is 1.49. The van der Waals surface area contributed by atoms with Gasteiger partial charge in [0.15, 0.2) is 0 Å². The highest BCUT2D eigenvalue weighted by atomic mass is 16.3. The Kier molecular flexibility index (Phi) is 2.50. The van der Waals surface area contributed by atoms with E-state index in [2.05, 4.69) is 0 Å². The van der Waals surface area contributed by atoms with Gasteiger partial charge in [-0.3, -0.25) is 0 Å². The van der Waals surface area contributed by atoms with Gasteiger partial charge in [0, 0.05) is 21.9 Å². The molecule has 9 aromatic carbocycles. The summed E-state index contributed by atoms with van der Waals surface area (Å²) >= 11 is 0. The molecule has 0 atom stereocenters. The summed E-state index contributed by atoms with van der Waals surface area (Å²) in [5, 5.41) is -5.72. The summed E-state index contributed by atoms with van der Waals surface area (Å²) in [5.74, 6) is 0. The first-order valence-corrected chi connectivity index (χ1v) is 14.4. The lowest BCUT2D eigenvalue weighted by Gasteiger charge is -2.18. The van der Waals surface area contributed by atoms with E-state index < -0.39 is 280 Å². The molecule has 1 aromatic heterocycles. The molecule has 0 spiro atoms. The van der Waals surface area contributed by atoms with Crippen molar-refractivity contribution in [3.8, 4) is 44.5 Å². The highest BCUT2D eigenvalue weighted by molar-refractivity contribution is 6.24. The average Bonchev–Trinajstić information content (AvgIpc) is 3.84. The van der Waals surface area contributed by atoms with Gasteiger partial charge in [0.2, 0.25) is 0 Å². The van der Waals surface area contributed by atoms with Crippen LogP contribution in [0.5, 0.6) is 0 Å². The molecule has 0 radical (unpaired) electrons. The van der Waals surface area contributed by atoms with Gasteiger partial charge < -0.3 is 4.42 Å². The van der Waals surface area contributed by atoms with Crippen LogP contribution in [0, 0.1) is 0 Å². The van der Waals surface area contributed by atoms with Gasteiger partial charge in [-0.05, 0) is 83.8 Å². The smallest absolute Gasteiger partial charge is 0.143 e. The molecule has 0 N–H and O–H groups in total. The van der Waals surface area contributed by atoms with Gasteiger partial charge >= 0.3 is 0 Å². The summed E-state index contributed by atoms with van der Waals surface area (Å²) in [5.41, 5.74) is -7.83. The van der Waals surface area contributed by atoms with Crippen molar-refractivity contribution in [3.05, 3.63) is 181 Å². The van der Waals surface area contributed by atoms with E-state index in [9.17, 15) is 15.1 Å². The molecule has 0 bridgehead atoms. The van der Waals surface area contributed by atoms with E-state index in [0.29, 0.717) is 0 Å². The number of hydrogen-bond acceptors (Lipinski definition) is 1. The van der Waals surface area contributed by atoms with E-state index in [0.717, 1.165) is 0 Å². The van der Waals surface area contributed by atoms with E-state index in [-0.39, 0.29) is 0 Å². The highest BCUT2D eigenvalue weighted by Crippen LogP contribution is 2.47. The fraction of sp³-hybridized carbons (Fsp3) is 0. The first-order valence-electron chi connectivity index (χ1n) is 29.4. The maximum Gasteiger partial charge on any atom is 0.143 e. The summed E-state index contributed by atoms with van der Waals surface area (Å²) in [6, 6.07) is -29.1. The SMILES string of the molecule is [2H]c1c([2H])c([2H])c(-c2c([2H])c([2H])c3oc4c(-c5c6c([2H])c([2H])c([2H])c([2H])c6c(-c6c([2H])c([2H])c([2H])c(-c7c([2H])c([2H])c([2H])c8c([2H])c([2H])c([2H])c([2H])c78)c6[2H])c6c([2H])c([2H])c([2H])c([2H])c56)c([2H])c([2H])c([2H])c4c3c2[2H])c([2H])c1[2H]. The first kappa shape index (κ1) is 11.1. The zero-order chi connectivity index (χ0) is 58.4. The van der Waals surface area contributed by atoms with Crippen LogP contribution in [0.15, 0.2) is 186 Å². The standard InChI is InChI=1S/C48H30O/c1-2-13-31(14-3-1)33-27-28-45-44(30-33)42-25-12-26-43(48(42)49-45)47-40-22-8-6-20-38(40)46(39-21-7-9-23-41(39)47)35-18-10-17-34(29-35)37-24-11-16-32-15-4-5-19-36(32)37/h1-30H/i1D,2D,3D,4D,5D,6D,7D,8D,9D,10D,11D,12D,13D,14D,15D,16D,17D,18D,19D,20D,21D,22D,23D,24D,25D,26D,27D,28D,29D,30D. The Bertz CT molecular complexity index is 4480. The molecular weight excluding hydrogens is 593 g/mol. The Morgan fingerprint density at radius 1 is 0.327 bits per heavy atom. The summed E-state index contributed by atoms with van der Waals surface area (Å²) < 4.78 is 276. The van der Waals surface area contributed by atoms with Crippen LogP contribution in [0.1, 0.15) is 41.1 Å². The maximum absolute atomic E-state index is 9.89. The highest BCUT2D eigenvalue weighted by Gasteiger charge is 2.20. The molecule has 10 rings (SSSR count). The number of para-hydroxylation sites is 1. The van der Waals surface area contributed by atoms with Crippen molar-refractivity contribution in [1.82, 2.24) is 0 Å². The summed E-state index contributed by atoms with van der Waals surface area (Å²) in [7, 11) is 0. The Hall–Kier alpha value is -6.44. The third-order valence-electron chi connectivity index (χ3n) is 7.87. The van der Waals surface area contributed by atoms with Crippen molar-refractivity contribution in [1.29, 1.82) is 0 Å². The molecule has 1 heteroatoms. The van der Waals surface area contributed by atoms with Crippen LogP contribution in [0.3, 0.4) is 0 Å². The molecule has 0 saturated heterocycles. The van der Waals surface area contributed by atoms with Crippen molar-refractivity contribution >= 4 is 54.3 Å². The van der Waals surface area contributed by atoms with Crippen molar-refractivity contribution in [2.45, 2.75) is 0 Å². The molecule has 0 fully saturated rings. The minimum Gasteiger partial charge on any atom is -0.455 e. The van der Waals surface area contributed by atoms with Crippen LogP contribution in [0.4, 0.5) is 0 Å². The van der Waals surface area contributed by atoms with Gasteiger partial charge in [0.1, 0.15) is 11.2 Å². The Labute approximate surface area is 326 Å². The van der Waals surface area contributed by atoms with Crippen molar-refractivity contribution in [2.75, 3.05) is 0 Å². The third kappa shape index (κ3) is 4.40. The number of fused-ring (bicyclic) bond motifs is 6. The minimum atomic E-state index is -1.11. The van der Waals surface area contributed by atoms with Gasteiger partial charge in [0.05, 0.1) is 41.1 Å². The molecule has 49 heavy (non-hydrogen) atoms. The molecule has 228 valence electrons. The first-order chi connectivity index (χ1) is 36.8. The Morgan fingerprint density at radius 3 is 1.65 bits per heavy atom. The van der Waals surface area contributed by atoms with Crippen LogP contribution >= 0.6 is 0 Å². The average molecular weight is 653 g/mol. The van der Waals surface area contributed by atoms with Gasteiger partial charge in [-0.2, -0.15) is 0 Å². The lowest BCUT2D eigenvalue weighted by molar-refractivity contribution is 0.670. The van der Waals surface area contributed by atoms with E-state index in [1.54, 1.807) is 0 Å². The lowest BCUT2D eigenvalue weighted by Crippen LogP contribution is -1.91. The molecule has 0 saturated carbocycles. The van der Waals surface area contributed by atoms with E-state index in [1.165, 1.54) is 0 Å². The molecule has 1 nitrogen and oxygen atoms in total. The second kappa shape index (κ2) is 11.1. The second-order valence-corrected chi connectivity index (χ2v) is 10.5. The van der Waals surface area contributed by atoms with E-state index >= 15 is 0 Å². The fourth-order valence-electron chi connectivity index (χ4n) is 5.82. The molecular formula is C48H30O. The van der Waals surface area contributed by atoms with Crippen molar-refractivity contribution in [3.63, 3.8) is 0 Å². The number of furan rings is 1. The van der Waals surface area contributed by atoms with Crippen LogP contribution < -0.4 is 0 Å². The van der Waals surface area contributed by atoms with E-state index in [1.807, 2.05) is 0 Å². The quantitative estimate of drug-likeness (QED) is 0.172. The number of benzene rings is 9. The second-order valence-electron chi connectivity index (χ2n) is 10.5. The van der Waals surface area contributed by atoms with E-state index in [4.69, 9.17) is 30.5 Å². The predicted octanol–water partition coefficient (Wildman–Crippen LogP) is 13.7. The topological polar surface area (TPSA) is 13.1 Å². The summed E-state index contributed by atoms with van der Waals surface area (Å²) in [6.07, 6.45) is 0. The summed E-state index contributed by atoms with van der Waals surface area (Å²) in [4.78, 5) is 0. The Morgan fingerprint density at radius 2 is 0.878 bits per heavy atom. The lowest BCUT2D eigenvalue weighted by atomic mass is 9.85. The van der Waals surface area contributed by atoms with Crippen LogP contribution in [0.2, 0.25) is 0 Å². The van der Waals surface area contributed by atoms with Crippen LogP contribution in [-0.4, -0.2) is 0 Å². The molecule has 10 aromatic rings.